The Labute approximate surface area is 132 Å². The molecule has 0 saturated heterocycles. The van der Waals surface area contributed by atoms with Crippen LogP contribution in [0.5, 0.6) is 0 Å². The lowest BCUT2D eigenvalue weighted by molar-refractivity contribution is 0.0941. The Kier molecular flexibility index (Phi) is 4.83. The zero-order valence-electron chi connectivity index (χ0n) is 12.3. The fourth-order valence-electron chi connectivity index (χ4n) is 2.34. The molecule has 1 aromatic carbocycles. The number of amides is 1. The van der Waals surface area contributed by atoms with Crippen LogP contribution in [0.3, 0.4) is 0 Å². The van der Waals surface area contributed by atoms with E-state index in [1.807, 2.05) is 17.7 Å². The Hall–Kier alpha value is -1.62. The molecular weight excluding hydrogens is 335 g/mol. The normalized spacial score (nSPS) is 10.7. The van der Waals surface area contributed by atoms with E-state index in [9.17, 15) is 9.18 Å². The number of nitrogens with one attached hydrogen (secondary N) is 1. The van der Waals surface area contributed by atoms with E-state index < -0.39 is 0 Å². The number of rotatable bonds is 4. The second-order valence-electron chi connectivity index (χ2n) is 5.06. The molecule has 2 aromatic rings. The highest BCUT2D eigenvalue weighted by molar-refractivity contribution is 9.10. The maximum Gasteiger partial charge on any atom is 0.268 e. The van der Waals surface area contributed by atoms with Crippen molar-refractivity contribution in [1.29, 1.82) is 0 Å². The van der Waals surface area contributed by atoms with Crippen LogP contribution in [0.2, 0.25) is 0 Å². The average Bonchev–Trinajstić information content (AvgIpc) is 2.83. The summed E-state index contributed by atoms with van der Waals surface area (Å²) in [6.45, 7) is 6.55. The molecule has 1 amide bonds. The Balaban J connectivity index is 2.11. The van der Waals surface area contributed by atoms with Crippen molar-refractivity contribution in [3.63, 3.8) is 0 Å². The van der Waals surface area contributed by atoms with Crippen molar-refractivity contribution < 1.29 is 9.18 Å². The van der Waals surface area contributed by atoms with Gasteiger partial charge in [-0.3, -0.25) is 4.79 Å². The second-order valence-corrected chi connectivity index (χ2v) is 5.97. The van der Waals surface area contributed by atoms with Crippen LogP contribution in [-0.2, 0) is 13.1 Å². The fourth-order valence-corrected chi connectivity index (χ4v) is 2.80. The second kappa shape index (κ2) is 6.43. The SMILES string of the molecule is CCn1cc(Br)cc1C(=O)NCc1cc(C)c(F)c(C)c1. The van der Waals surface area contributed by atoms with E-state index in [4.69, 9.17) is 0 Å². The van der Waals surface area contributed by atoms with Crippen LogP contribution in [0.1, 0.15) is 34.1 Å². The molecule has 0 bridgehead atoms. The van der Waals surface area contributed by atoms with Gasteiger partial charge in [-0.25, -0.2) is 4.39 Å². The van der Waals surface area contributed by atoms with E-state index in [0.29, 0.717) is 23.4 Å². The zero-order chi connectivity index (χ0) is 15.6. The molecule has 0 radical (unpaired) electrons. The van der Waals surface area contributed by atoms with Crippen molar-refractivity contribution in [1.82, 2.24) is 9.88 Å². The predicted molar refractivity (Wildman–Crippen MR) is 84.9 cm³/mol. The molecule has 0 aliphatic carbocycles. The number of hydrogen-bond acceptors (Lipinski definition) is 1. The molecule has 0 fully saturated rings. The van der Waals surface area contributed by atoms with Crippen molar-refractivity contribution in [3.05, 3.63) is 57.1 Å². The van der Waals surface area contributed by atoms with Gasteiger partial charge >= 0.3 is 0 Å². The summed E-state index contributed by atoms with van der Waals surface area (Å²) in [5.41, 5.74) is 2.70. The quantitative estimate of drug-likeness (QED) is 0.887. The summed E-state index contributed by atoms with van der Waals surface area (Å²) in [6, 6.07) is 5.31. The van der Waals surface area contributed by atoms with Gasteiger partial charge in [-0.1, -0.05) is 12.1 Å². The van der Waals surface area contributed by atoms with Gasteiger partial charge in [0.15, 0.2) is 0 Å². The summed E-state index contributed by atoms with van der Waals surface area (Å²) in [4.78, 5) is 12.2. The van der Waals surface area contributed by atoms with Crippen molar-refractivity contribution in [2.45, 2.75) is 33.9 Å². The molecule has 1 heterocycles. The third-order valence-electron chi connectivity index (χ3n) is 3.39. The Morgan fingerprint density at radius 2 is 1.90 bits per heavy atom. The Morgan fingerprint density at radius 1 is 1.29 bits per heavy atom. The van der Waals surface area contributed by atoms with Gasteiger partial charge < -0.3 is 9.88 Å². The number of halogens is 2. The maximum atomic E-state index is 13.6. The number of carbonyl (C=O) groups is 1. The van der Waals surface area contributed by atoms with E-state index in [0.717, 1.165) is 16.6 Å². The van der Waals surface area contributed by atoms with Gasteiger partial charge in [0.1, 0.15) is 11.5 Å². The highest BCUT2D eigenvalue weighted by atomic mass is 79.9. The summed E-state index contributed by atoms with van der Waals surface area (Å²) in [7, 11) is 0. The molecule has 3 nitrogen and oxygen atoms in total. The largest absolute Gasteiger partial charge is 0.347 e. The lowest BCUT2D eigenvalue weighted by Crippen LogP contribution is -2.25. The summed E-state index contributed by atoms with van der Waals surface area (Å²) in [5.74, 6) is -0.323. The van der Waals surface area contributed by atoms with Gasteiger partial charge in [0.05, 0.1) is 0 Å². The van der Waals surface area contributed by atoms with Gasteiger partial charge in [0.25, 0.3) is 5.91 Å². The first kappa shape index (κ1) is 15.8. The van der Waals surface area contributed by atoms with Crippen LogP contribution < -0.4 is 5.32 Å². The van der Waals surface area contributed by atoms with Crippen molar-refractivity contribution in [3.8, 4) is 0 Å². The van der Waals surface area contributed by atoms with Crippen molar-refractivity contribution in [2.75, 3.05) is 0 Å². The number of hydrogen-bond donors (Lipinski definition) is 1. The van der Waals surface area contributed by atoms with Crippen LogP contribution in [0.4, 0.5) is 4.39 Å². The molecule has 0 atom stereocenters. The third kappa shape index (κ3) is 3.53. The first-order valence-electron chi connectivity index (χ1n) is 6.82. The lowest BCUT2D eigenvalue weighted by atomic mass is 10.1. The summed E-state index contributed by atoms with van der Waals surface area (Å²) < 4.78 is 16.3. The Morgan fingerprint density at radius 3 is 2.48 bits per heavy atom. The molecule has 0 saturated carbocycles. The van der Waals surface area contributed by atoms with E-state index in [2.05, 4.69) is 21.2 Å². The van der Waals surface area contributed by atoms with Gasteiger partial charge in [0, 0.05) is 23.8 Å². The van der Waals surface area contributed by atoms with Crippen molar-refractivity contribution in [2.24, 2.45) is 0 Å². The highest BCUT2D eigenvalue weighted by Crippen LogP contribution is 2.16. The van der Waals surface area contributed by atoms with Crippen LogP contribution in [0.15, 0.2) is 28.9 Å². The molecule has 0 spiro atoms. The summed E-state index contributed by atoms with van der Waals surface area (Å²) in [6.07, 6.45) is 1.88. The molecule has 1 N–H and O–H groups in total. The summed E-state index contributed by atoms with van der Waals surface area (Å²) in [5, 5.41) is 2.87. The molecule has 2 rings (SSSR count). The number of nitrogens with zero attached hydrogens (tertiary/aromatic N) is 1. The molecule has 21 heavy (non-hydrogen) atoms. The minimum Gasteiger partial charge on any atom is -0.347 e. The summed E-state index contributed by atoms with van der Waals surface area (Å²) >= 11 is 3.37. The van der Waals surface area contributed by atoms with E-state index in [1.54, 1.807) is 32.0 Å². The van der Waals surface area contributed by atoms with Gasteiger partial charge in [0.2, 0.25) is 0 Å². The topological polar surface area (TPSA) is 34.0 Å². The maximum absolute atomic E-state index is 13.6. The monoisotopic (exact) mass is 352 g/mol. The third-order valence-corrected chi connectivity index (χ3v) is 3.82. The van der Waals surface area contributed by atoms with E-state index in [1.165, 1.54) is 0 Å². The number of carbonyl (C=O) groups excluding carboxylic acids is 1. The van der Waals surface area contributed by atoms with Crippen LogP contribution in [0.25, 0.3) is 0 Å². The minimum atomic E-state index is -0.186. The number of aryl methyl sites for hydroxylation is 3. The smallest absolute Gasteiger partial charge is 0.268 e. The first-order chi connectivity index (χ1) is 9.92. The van der Waals surface area contributed by atoms with Crippen LogP contribution in [0, 0.1) is 19.7 Å². The first-order valence-corrected chi connectivity index (χ1v) is 7.61. The predicted octanol–water partition coefficient (Wildman–Crippen LogP) is 3.96. The molecule has 0 aliphatic heterocycles. The lowest BCUT2D eigenvalue weighted by Gasteiger charge is -2.10. The minimum absolute atomic E-state index is 0.137. The van der Waals surface area contributed by atoms with Gasteiger partial charge in [-0.15, -0.1) is 0 Å². The molecule has 0 unspecified atom stereocenters. The highest BCUT2D eigenvalue weighted by Gasteiger charge is 2.12. The van der Waals surface area contributed by atoms with E-state index in [-0.39, 0.29) is 11.7 Å². The molecule has 1 aromatic heterocycles. The molecular formula is C16H18BrFN2O. The number of aromatic nitrogens is 1. The standard InChI is InChI=1S/C16H18BrFN2O/c1-4-20-9-13(17)7-14(20)16(21)19-8-12-5-10(2)15(18)11(3)6-12/h5-7,9H,4,8H2,1-3H3,(H,19,21). The van der Waals surface area contributed by atoms with Gasteiger partial charge in [-0.2, -0.15) is 0 Å². The fraction of sp³-hybridized carbons (Fsp3) is 0.312. The van der Waals surface area contributed by atoms with Gasteiger partial charge in [-0.05, 0) is 59.5 Å². The Bertz CT molecular complexity index is 656. The number of benzene rings is 1. The van der Waals surface area contributed by atoms with E-state index >= 15 is 0 Å². The average molecular weight is 353 g/mol. The zero-order valence-corrected chi connectivity index (χ0v) is 13.9. The van der Waals surface area contributed by atoms with Crippen LogP contribution in [-0.4, -0.2) is 10.5 Å². The molecule has 5 heteroatoms. The van der Waals surface area contributed by atoms with Crippen LogP contribution >= 0.6 is 15.9 Å². The molecule has 0 aliphatic rings. The molecule has 112 valence electrons. The van der Waals surface area contributed by atoms with Crippen molar-refractivity contribution >= 4 is 21.8 Å².